The molecule has 0 bridgehead atoms. The highest BCUT2D eigenvalue weighted by atomic mass is 19.1. The van der Waals surface area contributed by atoms with Gasteiger partial charge in [0.1, 0.15) is 11.6 Å². The van der Waals surface area contributed by atoms with Crippen LogP contribution in [0.2, 0.25) is 0 Å². The van der Waals surface area contributed by atoms with Crippen molar-refractivity contribution in [3.05, 3.63) is 66.0 Å². The molecular weight excluding hydrogens is 405 g/mol. The molecule has 0 aliphatic heterocycles. The molecule has 1 saturated carbocycles. The Morgan fingerprint density at radius 1 is 1.03 bits per heavy atom. The van der Waals surface area contributed by atoms with Gasteiger partial charge in [-0.2, -0.15) is 0 Å². The molecule has 0 atom stereocenters. The number of nitrogens with zero attached hydrogens (tertiary/aromatic N) is 2. The second kappa shape index (κ2) is 9.85. The molecule has 1 aliphatic rings. The average Bonchev–Trinajstić information content (AvgIpc) is 2.79. The molecule has 7 heteroatoms. The monoisotopic (exact) mass is 435 g/mol. The lowest BCUT2D eigenvalue weighted by atomic mass is 9.91. The lowest BCUT2D eigenvalue weighted by Crippen LogP contribution is -2.44. The van der Waals surface area contributed by atoms with Crippen LogP contribution in [-0.2, 0) is 6.54 Å². The standard InChI is InChI=1S/C25H30FN5O/c1-31(2)23-15-24(30-22-6-4-3-5-21(22)23)28-19-11-13-20(14-12-19)29-25(32)27-16-17-7-9-18(26)10-8-17/h3-10,15,19-20H,11-14,16H2,1-2H3,(H,28,30)(H2,27,29,32)/t19-,20+. The predicted octanol–water partition coefficient (Wildman–Crippen LogP) is 4.66. The van der Waals surface area contributed by atoms with Gasteiger partial charge >= 0.3 is 6.03 Å². The zero-order valence-corrected chi connectivity index (χ0v) is 18.6. The van der Waals surface area contributed by atoms with Gasteiger partial charge in [0.2, 0.25) is 0 Å². The normalized spacial score (nSPS) is 18.2. The maximum atomic E-state index is 13.0. The molecule has 2 aromatic carbocycles. The van der Waals surface area contributed by atoms with Gasteiger partial charge in [-0.05, 0) is 49.4 Å². The van der Waals surface area contributed by atoms with Crippen molar-refractivity contribution in [3.63, 3.8) is 0 Å². The summed E-state index contributed by atoms with van der Waals surface area (Å²) in [6.45, 7) is 0.380. The van der Waals surface area contributed by atoms with E-state index in [9.17, 15) is 9.18 Å². The number of halogens is 1. The highest BCUT2D eigenvalue weighted by Gasteiger charge is 2.23. The van der Waals surface area contributed by atoms with Crippen LogP contribution in [0, 0.1) is 5.82 Å². The second-order valence-corrected chi connectivity index (χ2v) is 8.58. The lowest BCUT2D eigenvalue weighted by molar-refractivity contribution is 0.231. The fourth-order valence-corrected chi connectivity index (χ4v) is 4.21. The lowest BCUT2D eigenvalue weighted by Gasteiger charge is -2.30. The van der Waals surface area contributed by atoms with E-state index in [2.05, 4.69) is 33.0 Å². The number of pyridine rings is 1. The number of nitrogens with one attached hydrogen (secondary N) is 3. The summed E-state index contributed by atoms with van der Waals surface area (Å²) in [4.78, 5) is 19.1. The Morgan fingerprint density at radius 2 is 1.72 bits per heavy atom. The van der Waals surface area contributed by atoms with Crippen molar-refractivity contribution in [1.29, 1.82) is 0 Å². The average molecular weight is 436 g/mol. The number of benzene rings is 2. The van der Waals surface area contributed by atoms with Crippen LogP contribution in [-0.4, -0.2) is 37.2 Å². The van der Waals surface area contributed by atoms with Crippen LogP contribution in [0.3, 0.4) is 0 Å². The molecule has 168 valence electrons. The van der Waals surface area contributed by atoms with Gasteiger partial charge in [0, 0.05) is 49.9 Å². The number of amides is 2. The number of rotatable bonds is 6. The molecule has 32 heavy (non-hydrogen) atoms. The fraction of sp³-hybridized carbons (Fsp3) is 0.360. The van der Waals surface area contributed by atoms with Gasteiger partial charge in [0.05, 0.1) is 5.52 Å². The second-order valence-electron chi connectivity index (χ2n) is 8.58. The topological polar surface area (TPSA) is 69.3 Å². The first kappa shape index (κ1) is 21.9. The van der Waals surface area contributed by atoms with Crippen molar-refractivity contribution in [2.45, 2.75) is 44.3 Å². The van der Waals surface area contributed by atoms with Crippen molar-refractivity contribution in [2.24, 2.45) is 0 Å². The number of fused-ring (bicyclic) bond motifs is 1. The molecule has 4 rings (SSSR count). The first-order valence-corrected chi connectivity index (χ1v) is 11.1. The Labute approximate surface area is 188 Å². The van der Waals surface area contributed by atoms with Crippen LogP contribution in [0.5, 0.6) is 0 Å². The van der Waals surface area contributed by atoms with E-state index >= 15 is 0 Å². The highest BCUT2D eigenvalue weighted by Crippen LogP contribution is 2.29. The Hall–Kier alpha value is -3.35. The van der Waals surface area contributed by atoms with Gasteiger partial charge in [0.25, 0.3) is 0 Å². The molecule has 1 aliphatic carbocycles. The minimum absolute atomic E-state index is 0.156. The van der Waals surface area contributed by atoms with Crippen molar-refractivity contribution in [2.75, 3.05) is 24.3 Å². The van der Waals surface area contributed by atoms with Crippen LogP contribution in [0.1, 0.15) is 31.2 Å². The van der Waals surface area contributed by atoms with Crippen molar-refractivity contribution in [1.82, 2.24) is 15.6 Å². The molecule has 0 unspecified atom stereocenters. The summed E-state index contributed by atoms with van der Waals surface area (Å²) in [5.74, 6) is 0.612. The maximum absolute atomic E-state index is 13.0. The van der Waals surface area contributed by atoms with E-state index in [1.165, 1.54) is 12.1 Å². The molecule has 1 heterocycles. The van der Waals surface area contributed by atoms with Crippen LogP contribution in [0.15, 0.2) is 54.6 Å². The van der Waals surface area contributed by atoms with E-state index in [1.54, 1.807) is 12.1 Å². The van der Waals surface area contributed by atoms with Gasteiger partial charge in [-0.15, -0.1) is 0 Å². The van der Waals surface area contributed by atoms with Gasteiger partial charge in [0.15, 0.2) is 0 Å². The molecule has 2 amide bonds. The van der Waals surface area contributed by atoms with Gasteiger partial charge in [-0.25, -0.2) is 14.2 Å². The number of hydrogen-bond acceptors (Lipinski definition) is 4. The highest BCUT2D eigenvalue weighted by molar-refractivity contribution is 5.93. The van der Waals surface area contributed by atoms with Crippen LogP contribution in [0.4, 0.5) is 20.7 Å². The Bertz CT molecular complexity index is 1060. The van der Waals surface area contributed by atoms with Gasteiger partial charge in [-0.1, -0.05) is 30.3 Å². The molecule has 0 saturated heterocycles. The van der Waals surface area contributed by atoms with Crippen molar-refractivity contribution < 1.29 is 9.18 Å². The molecular formula is C25H30FN5O. The van der Waals surface area contributed by atoms with E-state index in [-0.39, 0.29) is 17.9 Å². The van der Waals surface area contributed by atoms with Gasteiger partial charge < -0.3 is 20.9 Å². The van der Waals surface area contributed by atoms with E-state index in [0.717, 1.165) is 53.7 Å². The van der Waals surface area contributed by atoms with E-state index in [4.69, 9.17) is 4.98 Å². The number of carbonyl (C=O) groups is 1. The molecule has 3 aromatic rings. The fourth-order valence-electron chi connectivity index (χ4n) is 4.21. The minimum atomic E-state index is -0.277. The largest absolute Gasteiger partial charge is 0.377 e. The molecule has 1 aromatic heterocycles. The van der Waals surface area contributed by atoms with E-state index < -0.39 is 0 Å². The van der Waals surface area contributed by atoms with Crippen LogP contribution in [0.25, 0.3) is 10.9 Å². The smallest absolute Gasteiger partial charge is 0.315 e. The zero-order chi connectivity index (χ0) is 22.5. The third kappa shape index (κ3) is 5.46. The third-order valence-electron chi connectivity index (χ3n) is 5.96. The van der Waals surface area contributed by atoms with Crippen molar-refractivity contribution in [3.8, 4) is 0 Å². The Morgan fingerprint density at radius 3 is 2.44 bits per heavy atom. The zero-order valence-electron chi connectivity index (χ0n) is 18.6. The van der Waals surface area contributed by atoms with Crippen LogP contribution < -0.4 is 20.9 Å². The SMILES string of the molecule is CN(C)c1cc(N[C@H]2CC[C@@H](NC(=O)NCc3ccc(F)cc3)CC2)nc2ccccc12. The third-order valence-corrected chi connectivity index (χ3v) is 5.96. The summed E-state index contributed by atoms with van der Waals surface area (Å²) in [5.41, 5.74) is 3.00. The number of para-hydroxylation sites is 1. The minimum Gasteiger partial charge on any atom is -0.377 e. The summed E-state index contributed by atoms with van der Waals surface area (Å²) in [7, 11) is 4.09. The summed E-state index contributed by atoms with van der Waals surface area (Å²) in [6, 6.07) is 16.7. The Kier molecular flexibility index (Phi) is 6.73. The molecule has 6 nitrogen and oxygen atoms in total. The molecule has 1 fully saturated rings. The number of carbonyl (C=O) groups excluding carboxylic acids is 1. The number of urea groups is 1. The van der Waals surface area contributed by atoms with E-state index in [0.29, 0.717) is 12.6 Å². The molecule has 0 spiro atoms. The Balaban J connectivity index is 1.27. The first-order chi connectivity index (χ1) is 15.5. The van der Waals surface area contributed by atoms with Crippen LogP contribution >= 0.6 is 0 Å². The van der Waals surface area contributed by atoms with Gasteiger partial charge in [-0.3, -0.25) is 0 Å². The predicted molar refractivity (Wildman–Crippen MR) is 128 cm³/mol. The molecule has 0 radical (unpaired) electrons. The summed E-state index contributed by atoms with van der Waals surface area (Å²) in [5, 5.41) is 10.6. The van der Waals surface area contributed by atoms with E-state index in [1.807, 2.05) is 32.3 Å². The maximum Gasteiger partial charge on any atom is 0.315 e. The quantitative estimate of drug-likeness (QED) is 0.527. The number of anilines is 2. The number of hydrogen-bond donors (Lipinski definition) is 3. The summed E-state index contributed by atoms with van der Waals surface area (Å²) >= 11 is 0. The number of aromatic nitrogens is 1. The summed E-state index contributed by atoms with van der Waals surface area (Å²) in [6.07, 6.45) is 3.76. The first-order valence-electron chi connectivity index (χ1n) is 11.1. The summed E-state index contributed by atoms with van der Waals surface area (Å²) < 4.78 is 13.0. The van der Waals surface area contributed by atoms with Crippen molar-refractivity contribution >= 4 is 28.4 Å². The molecule has 3 N–H and O–H groups in total.